The van der Waals surface area contributed by atoms with E-state index in [1.54, 1.807) is 12.1 Å². The lowest BCUT2D eigenvalue weighted by molar-refractivity contribution is -0.123. The second-order valence-electron chi connectivity index (χ2n) is 6.18. The average Bonchev–Trinajstić information content (AvgIpc) is 3.09. The maximum absolute atomic E-state index is 12.4. The first kappa shape index (κ1) is 19.8. The third-order valence-corrected chi connectivity index (χ3v) is 4.01. The van der Waals surface area contributed by atoms with Gasteiger partial charge in [-0.25, -0.2) is 9.89 Å². The zero-order chi connectivity index (χ0) is 18.9. The van der Waals surface area contributed by atoms with Crippen molar-refractivity contribution in [3.8, 4) is 0 Å². The van der Waals surface area contributed by atoms with Crippen LogP contribution < -0.4 is 16.0 Å². The summed E-state index contributed by atoms with van der Waals surface area (Å²) < 4.78 is 0.919. The molecule has 0 saturated carbocycles. The molecule has 1 aromatic carbocycles. The SMILES string of the molecule is CC(C)C[C@H](NC(=O)Nc1ccc(Br)cc1)C(=O)NCCc1nnn[nH]1. The van der Waals surface area contributed by atoms with Crippen molar-refractivity contribution in [3.63, 3.8) is 0 Å². The molecule has 4 N–H and O–H groups in total. The third-order valence-electron chi connectivity index (χ3n) is 3.48. The highest BCUT2D eigenvalue weighted by Crippen LogP contribution is 2.14. The highest BCUT2D eigenvalue weighted by atomic mass is 79.9. The molecule has 1 aromatic heterocycles. The van der Waals surface area contributed by atoms with Crippen molar-refractivity contribution in [2.45, 2.75) is 32.7 Å². The Morgan fingerprint density at radius 3 is 2.58 bits per heavy atom. The van der Waals surface area contributed by atoms with Crippen molar-refractivity contribution in [2.75, 3.05) is 11.9 Å². The van der Waals surface area contributed by atoms with E-state index in [1.807, 2.05) is 26.0 Å². The van der Waals surface area contributed by atoms with E-state index in [9.17, 15) is 9.59 Å². The smallest absolute Gasteiger partial charge is 0.319 e. The predicted octanol–water partition coefficient (Wildman–Crippen LogP) is 1.86. The van der Waals surface area contributed by atoms with Crippen LogP contribution in [0.15, 0.2) is 28.7 Å². The number of carbonyl (C=O) groups is 2. The molecule has 2 rings (SSSR count). The molecule has 0 unspecified atom stereocenters. The largest absolute Gasteiger partial charge is 0.354 e. The number of tetrazole rings is 1. The molecule has 0 aliphatic rings. The van der Waals surface area contributed by atoms with Crippen LogP contribution >= 0.6 is 15.9 Å². The summed E-state index contributed by atoms with van der Waals surface area (Å²) in [6, 6.07) is 6.14. The van der Waals surface area contributed by atoms with Crippen molar-refractivity contribution < 1.29 is 9.59 Å². The number of carbonyl (C=O) groups excluding carboxylic acids is 2. The van der Waals surface area contributed by atoms with Crippen LogP contribution in [0.5, 0.6) is 0 Å². The molecular formula is C16H22BrN7O2. The molecule has 26 heavy (non-hydrogen) atoms. The standard InChI is InChI=1S/C16H22BrN7O2/c1-10(2)9-13(15(25)18-8-7-14-21-23-24-22-14)20-16(26)19-12-5-3-11(17)4-6-12/h3-6,10,13H,7-9H2,1-2H3,(H,18,25)(H2,19,20,26)(H,21,22,23,24)/t13-/m0/s1. The van der Waals surface area contributed by atoms with E-state index in [1.165, 1.54) is 0 Å². The Balaban J connectivity index is 1.87. The molecular weight excluding hydrogens is 402 g/mol. The number of nitrogens with zero attached hydrogens (tertiary/aromatic N) is 3. The van der Waals surface area contributed by atoms with Gasteiger partial charge in [-0.05, 0) is 47.0 Å². The molecule has 0 aliphatic carbocycles. The topological polar surface area (TPSA) is 125 Å². The summed E-state index contributed by atoms with van der Waals surface area (Å²) in [7, 11) is 0. The molecule has 0 aliphatic heterocycles. The van der Waals surface area contributed by atoms with Crippen LogP contribution in [0.4, 0.5) is 10.5 Å². The fourth-order valence-corrected chi connectivity index (χ4v) is 2.54. The Labute approximate surface area is 159 Å². The summed E-state index contributed by atoms with van der Waals surface area (Å²) in [5, 5.41) is 21.6. The first-order chi connectivity index (χ1) is 12.4. The molecule has 140 valence electrons. The summed E-state index contributed by atoms with van der Waals surface area (Å²) >= 11 is 3.34. The quantitative estimate of drug-likeness (QED) is 0.515. The van der Waals surface area contributed by atoms with Gasteiger partial charge in [0.15, 0.2) is 0 Å². The number of amides is 3. The predicted molar refractivity (Wildman–Crippen MR) is 100 cm³/mol. The molecule has 1 atom stereocenters. The van der Waals surface area contributed by atoms with Crippen LogP contribution in [0, 0.1) is 5.92 Å². The van der Waals surface area contributed by atoms with Crippen molar-refractivity contribution in [3.05, 3.63) is 34.6 Å². The van der Waals surface area contributed by atoms with Gasteiger partial charge in [0.05, 0.1) is 0 Å². The van der Waals surface area contributed by atoms with Crippen LogP contribution in [0.3, 0.4) is 0 Å². The number of nitrogens with one attached hydrogen (secondary N) is 4. The van der Waals surface area contributed by atoms with Crippen molar-refractivity contribution in [2.24, 2.45) is 5.92 Å². The minimum absolute atomic E-state index is 0.239. The normalized spacial score (nSPS) is 11.8. The van der Waals surface area contributed by atoms with Gasteiger partial charge in [0.2, 0.25) is 5.91 Å². The number of aromatic amines is 1. The molecule has 0 spiro atoms. The van der Waals surface area contributed by atoms with Gasteiger partial charge in [-0.1, -0.05) is 29.8 Å². The molecule has 3 amide bonds. The van der Waals surface area contributed by atoms with Crippen LogP contribution in [0.25, 0.3) is 0 Å². The molecule has 9 nitrogen and oxygen atoms in total. The first-order valence-electron chi connectivity index (χ1n) is 8.27. The summed E-state index contributed by atoms with van der Waals surface area (Å²) in [4.78, 5) is 24.6. The fourth-order valence-electron chi connectivity index (χ4n) is 2.27. The second-order valence-corrected chi connectivity index (χ2v) is 7.09. The van der Waals surface area contributed by atoms with E-state index in [4.69, 9.17) is 0 Å². The van der Waals surface area contributed by atoms with Gasteiger partial charge in [0.25, 0.3) is 0 Å². The van der Waals surface area contributed by atoms with Crippen LogP contribution in [-0.2, 0) is 11.2 Å². The molecule has 0 radical (unpaired) electrons. The number of rotatable bonds is 8. The number of hydrogen-bond donors (Lipinski definition) is 4. The monoisotopic (exact) mass is 423 g/mol. The van der Waals surface area contributed by atoms with Crippen LogP contribution in [0.2, 0.25) is 0 Å². The Bertz CT molecular complexity index is 704. The van der Waals surface area contributed by atoms with Crippen molar-refractivity contribution >= 4 is 33.6 Å². The number of hydrogen-bond acceptors (Lipinski definition) is 5. The van der Waals surface area contributed by atoms with Gasteiger partial charge < -0.3 is 16.0 Å². The second kappa shape index (κ2) is 9.85. The van der Waals surface area contributed by atoms with Gasteiger partial charge in [-0.3, -0.25) is 4.79 Å². The summed E-state index contributed by atoms with van der Waals surface area (Å²) in [6.07, 6.45) is 1.02. The van der Waals surface area contributed by atoms with E-state index < -0.39 is 12.1 Å². The number of urea groups is 1. The Hall–Kier alpha value is -2.49. The zero-order valence-electron chi connectivity index (χ0n) is 14.6. The van der Waals surface area contributed by atoms with Gasteiger partial charge in [0.1, 0.15) is 11.9 Å². The fraction of sp³-hybridized carbons (Fsp3) is 0.438. The highest BCUT2D eigenvalue weighted by molar-refractivity contribution is 9.10. The van der Waals surface area contributed by atoms with Gasteiger partial charge >= 0.3 is 6.03 Å². The van der Waals surface area contributed by atoms with Crippen LogP contribution in [0.1, 0.15) is 26.1 Å². The zero-order valence-corrected chi connectivity index (χ0v) is 16.2. The van der Waals surface area contributed by atoms with Crippen LogP contribution in [-0.4, -0.2) is 45.1 Å². The van der Waals surface area contributed by atoms with E-state index >= 15 is 0 Å². The lowest BCUT2D eigenvalue weighted by Crippen LogP contribution is -2.49. The minimum atomic E-state index is -0.627. The number of aromatic nitrogens is 4. The van der Waals surface area contributed by atoms with Gasteiger partial charge in [-0.15, -0.1) is 5.10 Å². The number of anilines is 1. The number of H-pyrrole nitrogens is 1. The lowest BCUT2D eigenvalue weighted by atomic mass is 10.0. The Morgan fingerprint density at radius 1 is 1.23 bits per heavy atom. The molecule has 0 saturated heterocycles. The van der Waals surface area contributed by atoms with E-state index in [0.29, 0.717) is 30.9 Å². The molecule has 2 aromatic rings. The molecule has 0 fully saturated rings. The average molecular weight is 424 g/mol. The lowest BCUT2D eigenvalue weighted by Gasteiger charge is -2.20. The summed E-state index contributed by atoms with van der Waals surface area (Å²) in [5.41, 5.74) is 0.646. The van der Waals surface area contributed by atoms with E-state index in [2.05, 4.69) is 52.5 Å². The maximum atomic E-state index is 12.4. The Kier molecular flexibility index (Phi) is 7.52. The number of halogens is 1. The Morgan fingerprint density at radius 2 is 1.96 bits per heavy atom. The third kappa shape index (κ3) is 6.79. The van der Waals surface area contributed by atoms with Gasteiger partial charge in [-0.2, -0.15) is 0 Å². The number of benzene rings is 1. The van der Waals surface area contributed by atoms with E-state index in [0.717, 1.165) is 4.47 Å². The molecule has 0 bridgehead atoms. The minimum Gasteiger partial charge on any atom is -0.354 e. The highest BCUT2D eigenvalue weighted by Gasteiger charge is 2.21. The van der Waals surface area contributed by atoms with Crippen molar-refractivity contribution in [1.82, 2.24) is 31.3 Å². The van der Waals surface area contributed by atoms with Crippen molar-refractivity contribution in [1.29, 1.82) is 0 Å². The van der Waals surface area contributed by atoms with E-state index in [-0.39, 0.29) is 11.8 Å². The first-order valence-corrected chi connectivity index (χ1v) is 9.06. The molecule has 10 heteroatoms. The maximum Gasteiger partial charge on any atom is 0.319 e. The van der Waals surface area contributed by atoms with Gasteiger partial charge in [0, 0.05) is 23.1 Å². The summed E-state index contributed by atoms with van der Waals surface area (Å²) in [5.74, 6) is 0.598. The summed E-state index contributed by atoms with van der Waals surface area (Å²) in [6.45, 7) is 4.36. The molecule has 1 heterocycles.